The topological polar surface area (TPSA) is 102 Å². The van der Waals surface area contributed by atoms with Gasteiger partial charge in [-0.3, -0.25) is 14.5 Å². The van der Waals surface area contributed by atoms with Crippen LogP contribution < -0.4 is 14.4 Å². The number of thioether (sulfide) groups is 1. The highest BCUT2D eigenvalue weighted by Crippen LogP contribution is 2.45. The van der Waals surface area contributed by atoms with Crippen molar-refractivity contribution in [3.05, 3.63) is 136 Å². The van der Waals surface area contributed by atoms with E-state index in [-0.39, 0.29) is 16.3 Å². The normalized spacial score (nSPS) is 15.7. The number of nitrogens with zero attached hydrogens (tertiary/aromatic N) is 3. The van der Waals surface area contributed by atoms with E-state index in [0.29, 0.717) is 38.8 Å². The number of halogens is 2. The number of rotatable bonds is 10. The lowest BCUT2D eigenvalue weighted by molar-refractivity contribution is -0.132. The molecule has 8 nitrogen and oxygen atoms in total. The minimum Gasteiger partial charge on any atom is -0.507 e. The van der Waals surface area contributed by atoms with Crippen LogP contribution in [0.3, 0.4) is 0 Å². The van der Waals surface area contributed by atoms with Crippen LogP contribution in [0.5, 0.6) is 11.5 Å². The van der Waals surface area contributed by atoms with Gasteiger partial charge in [-0.25, -0.2) is 4.39 Å². The van der Waals surface area contributed by atoms with E-state index in [1.165, 1.54) is 35.9 Å². The highest BCUT2D eigenvalue weighted by molar-refractivity contribution is 8.00. The molecule has 1 N–H and O–H groups in total. The monoisotopic (exact) mass is 673 g/mol. The molecule has 6 rings (SSSR count). The number of ether oxygens (including phenoxy) is 2. The van der Waals surface area contributed by atoms with Crippen molar-refractivity contribution >= 4 is 57.3 Å². The van der Waals surface area contributed by atoms with Gasteiger partial charge in [0.25, 0.3) is 5.78 Å². The molecular formula is C34H25ClFN3O5S2. The molecule has 1 aliphatic rings. The van der Waals surface area contributed by atoms with Crippen molar-refractivity contribution in [2.24, 2.45) is 0 Å². The fraction of sp³-hybridized carbons (Fsp3) is 0.118. The maximum atomic E-state index is 13.7. The highest BCUT2D eigenvalue weighted by Gasteiger charge is 2.48. The van der Waals surface area contributed by atoms with Crippen LogP contribution in [0, 0.1) is 5.82 Å². The Kier molecular flexibility index (Phi) is 9.34. The smallest absolute Gasteiger partial charge is 0.301 e. The average Bonchev–Trinajstić information content (AvgIpc) is 3.65. The molecule has 1 amide bonds. The second kappa shape index (κ2) is 13.7. The number of amides is 1. The summed E-state index contributed by atoms with van der Waals surface area (Å²) in [5.74, 6) is -1.37. The molecule has 0 saturated carbocycles. The van der Waals surface area contributed by atoms with Crippen molar-refractivity contribution < 1.29 is 28.6 Å². The number of anilines is 1. The van der Waals surface area contributed by atoms with Gasteiger partial charge in [-0.05, 0) is 65.2 Å². The van der Waals surface area contributed by atoms with Crippen LogP contribution in [-0.2, 0) is 21.9 Å². The molecule has 1 atom stereocenters. The van der Waals surface area contributed by atoms with E-state index >= 15 is 0 Å². The summed E-state index contributed by atoms with van der Waals surface area (Å²) in [7, 11) is 1.49. The molecule has 2 heterocycles. The van der Waals surface area contributed by atoms with Crippen LogP contribution in [-0.4, -0.2) is 34.1 Å². The molecule has 1 fully saturated rings. The van der Waals surface area contributed by atoms with Gasteiger partial charge in [0.05, 0.1) is 18.7 Å². The van der Waals surface area contributed by atoms with Gasteiger partial charge in [0, 0.05) is 16.3 Å². The predicted molar refractivity (Wildman–Crippen MR) is 176 cm³/mol. The van der Waals surface area contributed by atoms with Crippen LogP contribution in [0.2, 0.25) is 5.02 Å². The number of ketones is 1. The van der Waals surface area contributed by atoms with Crippen LogP contribution in [0.1, 0.15) is 28.3 Å². The van der Waals surface area contributed by atoms with Crippen molar-refractivity contribution in [1.82, 2.24) is 10.2 Å². The van der Waals surface area contributed by atoms with Crippen molar-refractivity contribution in [2.75, 3.05) is 12.0 Å². The van der Waals surface area contributed by atoms with Gasteiger partial charge in [0.15, 0.2) is 15.8 Å². The SMILES string of the molecule is COc1cc(C2/C(=C(/O)c3ccc(F)cc3)C(=O)C(=O)N2c2nnc(SCc3ccc(Cl)cc3)s2)ccc1OCc1ccccc1. The molecule has 5 aromatic rings. The number of aromatic nitrogens is 2. The number of hydrogen-bond donors (Lipinski definition) is 1. The highest BCUT2D eigenvalue weighted by atomic mass is 35.5. The summed E-state index contributed by atoms with van der Waals surface area (Å²) in [4.78, 5) is 28.4. The summed E-state index contributed by atoms with van der Waals surface area (Å²) < 4.78 is 25.9. The zero-order valence-electron chi connectivity index (χ0n) is 24.2. The number of methoxy groups -OCH3 is 1. The van der Waals surface area contributed by atoms with Crippen molar-refractivity contribution in [3.63, 3.8) is 0 Å². The summed E-state index contributed by atoms with van der Waals surface area (Å²) in [5.41, 5.74) is 2.44. The van der Waals surface area contributed by atoms with Gasteiger partial charge in [0.1, 0.15) is 18.2 Å². The van der Waals surface area contributed by atoms with Crippen molar-refractivity contribution in [2.45, 2.75) is 22.7 Å². The van der Waals surface area contributed by atoms with Gasteiger partial charge < -0.3 is 14.6 Å². The average molecular weight is 674 g/mol. The number of Topliss-reactive ketones (excluding diaryl/α,β-unsaturated/α-hetero) is 1. The van der Waals surface area contributed by atoms with Crippen molar-refractivity contribution in [3.8, 4) is 11.5 Å². The van der Waals surface area contributed by atoms with Gasteiger partial charge in [-0.15, -0.1) is 10.2 Å². The molecule has 0 aliphatic carbocycles. The Hall–Kier alpha value is -4.71. The number of benzene rings is 4. The Balaban J connectivity index is 1.37. The number of aliphatic hydroxyl groups excluding tert-OH is 1. The molecule has 4 aromatic carbocycles. The van der Waals surface area contributed by atoms with Crippen LogP contribution in [0.25, 0.3) is 5.76 Å². The number of carbonyl (C=O) groups excluding carboxylic acids is 2. The summed E-state index contributed by atoms with van der Waals surface area (Å²) in [6.45, 7) is 0.292. The van der Waals surface area contributed by atoms with Crippen LogP contribution in [0.4, 0.5) is 9.52 Å². The molecule has 0 bridgehead atoms. The zero-order valence-corrected chi connectivity index (χ0v) is 26.6. The quantitative estimate of drug-likeness (QED) is 0.0526. The Morgan fingerprint density at radius 2 is 1.70 bits per heavy atom. The molecule has 0 spiro atoms. The van der Waals surface area contributed by atoms with E-state index in [0.717, 1.165) is 34.6 Å². The van der Waals surface area contributed by atoms with Crippen LogP contribution >= 0.6 is 34.7 Å². The first-order chi connectivity index (χ1) is 22.3. The Morgan fingerprint density at radius 1 is 0.957 bits per heavy atom. The van der Waals surface area contributed by atoms with Gasteiger partial charge in [0.2, 0.25) is 5.13 Å². The van der Waals surface area contributed by atoms with Crippen molar-refractivity contribution in [1.29, 1.82) is 0 Å². The third-order valence-corrected chi connectivity index (χ3v) is 9.56. The molecule has 1 saturated heterocycles. The zero-order chi connectivity index (χ0) is 32.2. The molecule has 1 aromatic heterocycles. The lowest BCUT2D eigenvalue weighted by Crippen LogP contribution is -2.29. The lowest BCUT2D eigenvalue weighted by atomic mass is 9.95. The third kappa shape index (κ3) is 6.62. The molecule has 232 valence electrons. The summed E-state index contributed by atoms with van der Waals surface area (Å²) in [6, 6.07) is 26.0. The van der Waals surface area contributed by atoms with E-state index in [4.69, 9.17) is 21.1 Å². The standard InChI is InChI=1S/C34H25ClFN3O5S2/c1-43-27-17-23(11-16-26(27)44-18-20-5-3-2-4-6-20)29-28(30(40)22-9-14-25(36)15-10-22)31(41)32(42)39(29)33-37-38-34(46-33)45-19-21-7-12-24(35)13-8-21/h2-17,29,40H,18-19H2,1H3/b30-28-. The van der Waals surface area contributed by atoms with E-state index in [1.807, 2.05) is 42.5 Å². The molecule has 12 heteroatoms. The Labute approximate surface area is 277 Å². The largest absolute Gasteiger partial charge is 0.507 e. The van der Waals surface area contributed by atoms with Gasteiger partial charge >= 0.3 is 5.91 Å². The second-order valence-electron chi connectivity index (χ2n) is 10.1. The van der Waals surface area contributed by atoms with E-state index in [9.17, 15) is 19.1 Å². The Morgan fingerprint density at radius 3 is 2.41 bits per heavy atom. The molecule has 1 aliphatic heterocycles. The van der Waals surface area contributed by atoms with Crippen LogP contribution in [0.15, 0.2) is 107 Å². The van der Waals surface area contributed by atoms with Gasteiger partial charge in [-0.2, -0.15) is 0 Å². The van der Waals surface area contributed by atoms with Gasteiger partial charge in [-0.1, -0.05) is 83.2 Å². The number of hydrogen-bond acceptors (Lipinski definition) is 9. The second-order valence-corrected chi connectivity index (χ2v) is 12.7. The maximum absolute atomic E-state index is 13.7. The van der Waals surface area contributed by atoms with E-state index < -0.39 is 29.3 Å². The summed E-state index contributed by atoms with van der Waals surface area (Å²) in [5, 5.41) is 20.7. The lowest BCUT2D eigenvalue weighted by Gasteiger charge is -2.23. The summed E-state index contributed by atoms with van der Waals surface area (Å²) in [6.07, 6.45) is 0. The van der Waals surface area contributed by atoms with E-state index in [2.05, 4.69) is 10.2 Å². The van der Waals surface area contributed by atoms with E-state index in [1.54, 1.807) is 30.3 Å². The molecule has 46 heavy (non-hydrogen) atoms. The molecular weight excluding hydrogens is 649 g/mol. The third-order valence-electron chi connectivity index (χ3n) is 7.18. The molecule has 1 unspecified atom stereocenters. The maximum Gasteiger partial charge on any atom is 0.301 e. The first kappa shape index (κ1) is 31.3. The minimum atomic E-state index is -1.09. The molecule has 0 radical (unpaired) electrons. The summed E-state index contributed by atoms with van der Waals surface area (Å²) >= 11 is 8.56. The fourth-order valence-electron chi connectivity index (χ4n) is 4.90. The first-order valence-electron chi connectivity index (χ1n) is 13.9. The number of carbonyl (C=O) groups is 2. The minimum absolute atomic E-state index is 0.173. The predicted octanol–water partition coefficient (Wildman–Crippen LogP) is 7.84. The first-order valence-corrected chi connectivity index (χ1v) is 16.1. The Bertz CT molecular complexity index is 1920. The number of aliphatic hydroxyl groups is 1. The fourth-order valence-corrected chi connectivity index (χ4v) is 6.85.